The molecular weight excluding hydrogens is 394 g/mol. The maximum Gasteiger partial charge on any atom is 0.222 e. The molecule has 5 rings (SSSR count). The molecule has 10 heteroatoms. The number of hydrogen-bond acceptors (Lipinski definition) is 9. The molecule has 3 aromatic heterocycles. The second-order valence-electron chi connectivity index (χ2n) is 7.28. The molecule has 4 atom stereocenters. The third-order valence-electron chi connectivity index (χ3n) is 5.36. The molecule has 0 aliphatic carbocycles. The van der Waals surface area contributed by atoms with Gasteiger partial charge in [0.1, 0.15) is 29.0 Å². The third kappa shape index (κ3) is 2.65. The number of nitrogens with two attached hydrogens (primary N) is 1. The van der Waals surface area contributed by atoms with Gasteiger partial charge < -0.3 is 25.8 Å². The van der Waals surface area contributed by atoms with Gasteiger partial charge in [-0.05, 0) is 13.0 Å². The van der Waals surface area contributed by atoms with Crippen LogP contribution in [-0.4, -0.2) is 59.3 Å². The minimum absolute atomic E-state index is 0.0569. The number of ether oxygens (including phenoxy) is 1. The molecule has 9 nitrogen and oxygen atoms in total. The van der Waals surface area contributed by atoms with E-state index in [0.717, 1.165) is 15.6 Å². The molecule has 0 radical (unpaired) electrons. The number of rotatable bonds is 3. The average molecular weight is 413 g/mol. The van der Waals surface area contributed by atoms with Gasteiger partial charge >= 0.3 is 0 Å². The van der Waals surface area contributed by atoms with Crippen molar-refractivity contribution < 1.29 is 20.1 Å². The Balaban J connectivity index is 1.70. The van der Waals surface area contributed by atoms with Crippen molar-refractivity contribution in [2.45, 2.75) is 31.0 Å². The zero-order valence-electron chi connectivity index (χ0n) is 15.4. The van der Waals surface area contributed by atoms with E-state index in [9.17, 15) is 15.3 Å². The van der Waals surface area contributed by atoms with Crippen LogP contribution < -0.4 is 5.73 Å². The number of nitrogens with zero attached hydrogens (tertiary/aromatic N) is 4. The van der Waals surface area contributed by atoms with Crippen LogP contribution in [0.3, 0.4) is 0 Å². The lowest BCUT2D eigenvalue weighted by Gasteiger charge is -2.27. The number of hydrogen-bond donors (Lipinski definition) is 4. The van der Waals surface area contributed by atoms with Crippen LogP contribution in [0.1, 0.15) is 13.2 Å². The van der Waals surface area contributed by atoms with Gasteiger partial charge in [-0.25, -0.2) is 9.97 Å². The summed E-state index contributed by atoms with van der Waals surface area (Å²) in [4.78, 5) is 13.2. The Morgan fingerprint density at radius 2 is 2.10 bits per heavy atom. The number of aliphatic hydroxyl groups is 3. The molecule has 0 spiro atoms. The molecule has 150 valence electrons. The second kappa shape index (κ2) is 6.44. The third-order valence-corrected chi connectivity index (χ3v) is 6.33. The van der Waals surface area contributed by atoms with Crippen molar-refractivity contribution >= 4 is 38.5 Å². The van der Waals surface area contributed by atoms with Crippen LogP contribution in [0.2, 0.25) is 0 Å². The van der Waals surface area contributed by atoms with Gasteiger partial charge in [-0.15, -0.1) is 11.3 Å². The predicted octanol–water partition coefficient (Wildman–Crippen LogP) is 1.29. The van der Waals surface area contributed by atoms with E-state index in [1.807, 2.05) is 29.6 Å². The first kappa shape index (κ1) is 18.4. The molecule has 5 N–H and O–H groups in total. The Morgan fingerprint density at radius 3 is 2.86 bits per heavy atom. The highest BCUT2D eigenvalue weighted by atomic mass is 32.1. The minimum Gasteiger partial charge on any atom is -0.394 e. The normalized spacial score (nSPS) is 27.2. The monoisotopic (exact) mass is 413 g/mol. The van der Waals surface area contributed by atoms with Crippen molar-refractivity contribution in [3.63, 3.8) is 0 Å². The Labute approximate surface area is 169 Å². The number of aliphatic hydroxyl groups excluding tert-OH is 2. The number of benzene rings is 1. The van der Waals surface area contributed by atoms with E-state index in [4.69, 9.17) is 10.5 Å². The molecule has 29 heavy (non-hydrogen) atoms. The summed E-state index contributed by atoms with van der Waals surface area (Å²) in [6, 6.07) is 7.97. The van der Waals surface area contributed by atoms with Crippen LogP contribution in [0.25, 0.3) is 32.5 Å². The summed E-state index contributed by atoms with van der Waals surface area (Å²) in [6.07, 6.45) is -1.72. The van der Waals surface area contributed by atoms with Gasteiger partial charge in [0.15, 0.2) is 11.9 Å². The maximum absolute atomic E-state index is 10.8. The van der Waals surface area contributed by atoms with Gasteiger partial charge in [0.2, 0.25) is 5.95 Å². The molecule has 1 aliphatic rings. The first-order chi connectivity index (χ1) is 13.9. The molecule has 0 saturated carbocycles. The van der Waals surface area contributed by atoms with E-state index in [-0.39, 0.29) is 5.95 Å². The van der Waals surface area contributed by atoms with Gasteiger partial charge in [-0.2, -0.15) is 4.98 Å². The highest BCUT2D eigenvalue weighted by Gasteiger charge is 2.53. The van der Waals surface area contributed by atoms with Crippen molar-refractivity contribution in [3.05, 3.63) is 36.0 Å². The van der Waals surface area contributed by atoms with Gasteiger partial charge in [0, 0.05) is 21.0 Å². The van der Waals surface area contributed by atoms with Crippen LogP contribution >= 0.6 is 11.3 Å². The van der Waals surface area contributed by atoms with Crippen LogP contribution in [0.5, 0.6) is 0 Å². The van der Waals surface area contributed by atoms with Crippen LogP contribution in [0.4, 0.5) is 5.95 Å². The van der Waals surface area contributed by atoms with Crippen molar-refractivity contribution in [1.82, 2.24) is 19.5 Å². The standard InChI is InChI=1S/C19H19N5O4S/c1-19(27)15(26)11(6-25)28-17(19)24-8-21-14-13(22-18(20)23-16(14)24)10-7-29-12-5-3-2-4-9(10)12/h2-5,7-8,11,15,17,25-27H,6H2,1H3,(H2,20,22,23)/t11-,15-,17-,19-/m1/s1. The van der Waals surface area contributed by atoms with Crippen molar-refractivity contribution in [2.24, 2.45) is 0 Å². The molecule has 1 aromatic carbocycles. The van der Waals surface area contributed by atoms with Crippen LogP contribution in [0.15, 0.2) is 36.0 Å². The fourth-order valence-electron chi connectivity index (χ4n) is 3.84. The Hall–Kier alpha value is -2.63. The van der Waals surface area contributed by atoms with E-state index in [2.05, 4.69) is 15.0 Å². The van der Waals surface area contributed by atoms with Gasteiger partial charge in [0.25, 0.3) is 0 Å². The van der Waals surface area contributed by atoms with E-state index in [1.54, 1.807) is 11.3 Å². The Kier molecular flexibility index (Phi) is 4.09. The highest BCUT2D eigenvalue weighted by Crippen LogP contribution is 2.41. The first-order valence-electron chi connectivity index (χ1n) is 9.05. The van der Waals surface area contributed by atoms with Crippen LogP contribution in [-0.2, 0) is 4.74 Å². The summed E-state index contributed by atoms with van der Waals surface area (Å²) >= 11 is 1.60. The largest absolute Gasteiger partial charge is 0.394 e. The Morgan fingerprint density at radius 1 is 1.31 bits per heavy atom. The SMILES string of the molecule is C[C@@]1(O)[C@H](O)[C@@H](CO)O[C@H]1n1cnc2c(-c3csc4ccccc34)nc(N)nc21. The zero-order chi connectivity index (χ0) is 20.3. The molecule has 4 aromatic rings. The summed E-state index contributed by atoms with van der Waals surface area (Å²) < 4.78 is 8.34. The zero-order valence-corrected chi connectivity index (χ0v) is 16.2. The lowest BCUT2D eigenvalue weighted by atomic mass is 9.96. The summed E-state index contributed by atoms with van der Waals surface area (Å²) in [5.74, 6) is 0.0569. The molecule has 1 saturated heterocycles. The summed E-state index contributed by atoms with van der Waals surface area (Å²) in [6.45, 7) is 1.02. The van der Waals surface area contributed by atoms with Gasteiger partial charge in [-0.3, -0.25) is 4.57 Å². The number of fused-ring (bicyclic) bond motifs is 2. The number of imidazole rings is 1. The van der Waals surface area contributed by atoms with Crippen LogP contribution in [0, 0.1) is 0 Å². The Bertz CT molecular complexity index is 1220. The smallest absolute Gasteiger partial charge is 0.222 e. The molecule has 4 heterocycles. The number of anilines is 1. The summed E-state index contributed by atoms with van der Waals surface area (Å²) in [5.41, 5.74) is 6.69. The van der Waals surface area contributed by atoms with Crippen molar-refractivity contribution in [2.75, 3.05) is 12.3 Å². The predicted molar refractivity (Wildman–Crippen MR) is 108 cm³/mol. The number of thiophene rings is 1. The van der Waals surface area contributed by atoms with E-state index < -0.39 is 30.6 Å². The minimum atomic E-state index is -1.66. The molecule has 0 amide bonds. The molecule has 0 unspecified atom stereocenters. The van der Waals surface area contributed by atoms with E-state index in [1.165, 1.54) is 17.8 Å². The molecular formula is C19H19N5O4S. The van der Waals surface area contributed by atoms with E-state index >= 15 is 0 Å². The average Bonchev–Trinajstić information content (AvgIpc) is 3.37. The maximum atomic E-state index is 10.8. The fraction of sp³-hybridized carbons (Fsp3) is 0.316. The number of aromatic nitrogens is 4. The number of nitrogen functional groups attached to an aromatic ring is 1. The molecule has 1 aliphatic heterocycles. The lowest BCUT2D eigenvalue weighted by Crippen LogP contribution is -2.44. The van der Waals surface area contributed by atoms with Gasteiger partial charge in [0.05, 0.1) is 12.9 Å². The fourth-order valence-corrected chi connectivity index (χ4v) is 4.79. The van der Waals surface area contributed by atoms with E-state index in [0.29, 0.717) is 16.9 Å². The lowest BCUT2D eigenvalue weighted by molar-refractivity contribution is -0.0950. The molecule has 0 bridgehead atoms. The topological polar surface area (TPSA) is 140 Å². The quantitative estimate of drug-likeness (QED) is 0.394. The van der Waals surface area contributed by atoms with Crippen molar-refractivity contribution in [3.8, 4) is 11.3 Å². The second-order valence-corrected chi connectivity index (χ2v) is 8.19. The summed E-state index contributed by atoms with van der Waals surface area (Å²) in [5, 5.41) is 33.6. The molecule has 1 fully saturated rings. The van der Waals surface area contributed by atoms with Gasteiger partial charge in [-0.1, -0.05) is 18.2 Å². The highest BCUT2D eigenvalue weighted by molar-refractivity contribution is 7.17. The summed E-state index contributed by atoms with van der Waals surface area (Å²) in [7, 11) is 0. The van der Waals surface area contributed by atoms with Crippen molar-refractivity contribution in [1.29, 1.82) is 0 Å². The first-order valence-corrected chi connectivity index (χ1v) is 9.93.